The number of carbonyl (C=O) groups excluding carboxylic acids is 3. The van der Waals surface area contributed by atoms with Crippen molar-refractivity contribution in [2.45, 2.75) is 112 Å². The Kier molecular flexibility index (Phi) is 12.6. The molecule has 0 bridgehead atoms. The maximum atomic E-state index is 14.8. The summed E-state index contributed by atoms with van der Waals surface area (Å²) in [6.07, 6.45) is 2.13. The summed E-state index contributed by atoms with van der Waals surface area (Å²) in [6.45, 7) is 13.4. The fourth-order valence-corrected chi connectivity index (χ4v) is 11.0. The average molecular weight is 901 g/mol. The lowest BCUT2D eigenvalue weighted by Crippen LogP contribution is -2.59. The second-order valence-electron chi connectivity index (χ2n) is 18.0. The Balaban J connectivity index is 1.07. The zero-order chi connectivity index (χ0) is 43.2. The minimum atomic E-state index is -1.41. The molecule has 2 saturated heterocycles. The summed E-state index contributed by atoms with van der Waals surface area (Å²) in [5.41, 5.74) is -1.76. The SMILES string of the molecule is CC[C@@H]1C[C@]1(NC(=O)[C@@H]1C[C@@H](Oc2cc(Sc3nnc(C)s3)nc3c(Cl)c(OCCN4CCOCC4)ccc23)CN1C(=O)[C@@H](NC(=O)O[C@@H]1C[C@@H]2C[C@@H]2C1)C(C)(C)C)C(=O)O. The number of rotatable bonds is 15. The summed E-state index contributed by atoms with van der Waals surface area (Å²) in [5.74, 6) is -0.365. The van der Waals surface area contributed by atoms with E-state index in [-0.39, 0.29) is 25.0 Å². The zero-order valence-corrected chi connectivity index (χ0v) is 37.5. The first-order chi connectivity index (χ1) is 29.1. The number of hydrogen-bond acceptors (Lipinski definition) is 14. The lowest BCUT2D eigenvalue weighted by molar-refractivity contribution is -0.146. The lowest BCUT2D eigenvalue weighted by atomic mass is 9.85. The number of ether oxygens (including phenoxy) is 4. The van der Waals surface area contributed by atoms with Crippen molar-refractivity contribution in [2.24, 2.45) is 23.2 Å². The molecule has 3 amide bonds. The standard InChI is InChI=1S/C42H54ClN7O9S2/c1-6-25-20-42(25,38(53)54)46-36(51)29-18-27(21-50(29)37(52)35(41(3,4)5)45-39(55)59-26-16-23-15-24(23)17-26)58-31-19-32(61-40-48-47-22(2)60-40)44-34-28(31)7-8-30(33(34)43)57-14-11-49-9-12-56-13-10-49/h7-8,19,23-27,29,35H,6,9-18,20-21H2,1-5H3,(H,45,55)(H,46,51)(H,53,54)/t23-,24+,25-,26+,27-,29+,35-,42-/m1/s1. The molecule has 19 heteroatoms. The maximum absolute atomic E-state index is 14.8. The van der Waals surface area contributed by atoms with E-state index in [4.69, 9.17) is 35.5 Å². The highest BCUT2D eigenvalue weighted by Crippen LogP contribution is 2.52. The lowest BCUT2D eigenvalue weighted by Gasteiger charge is -2.35. The van der Waals surface area contributed by atoms with Crippen LogP contribution in [0.4, 0.5) is 4.79 Å². The van der Waals surface area contributed by atoms with E-state index in [0.29, 0.717) is 87.8 Å². The number of fused-ring (bicyclic) bond motifs is 2. The second-order valence-corrected chi connectivity index (χ2v) is 20.8. The van der Waals surface area contributed by atoms with Crippen molar-refractivity contribution in [3.63, 3.8) is 0 Å². The van der Waals surface area contributed by atoms with Crippen LogP contribution >= 0.6 is 34.7 Å². The first-order valence-corrected chi connectivity index (χ1v) is 23.2. The largest absolute Gasteiger partial charge is 0.491 e. The van der Waals surface area contributed by atoms with Crippen molar-refractivity contribution in [1.82, 2.24) is 35.6 Å². The number of carboxylic acid groups (broad SMARTS) is 1. The second kappa shape index (κ2) is 17.7. The van der Waals surface area contributed by atoms with Crippen molar-refractivity contribution in [3.05, 3.63) is 28.2 Å². The highest BCUT2D eigenvalue weighted by molar-refractivity contribution is 8.01. The number of alkyl carbamates (subject to hydrolysis) is 1. The summed E-state index contributed by atoms with van der Waals surface area (Å²) >= 11 is 9.77. The van der Waals surface area contributed by atoms with Gasteiger partial charge in [-0.2, -0.15) is 0 Å². The first kappa shape index (κ1) is 43.7. The van der Waals surface area contributed by atoms with E-state index in [9.17, 15) is 24.3 Å². The monoisotopic (exact) mass is 899 g/mol. The number of amides is 3. The average Bonchev–Trinajstić information content (AvgIpc) is 3.92. The number of nitrogens with zero attached hydrogens (tertiary/aromatic N) is 5. The fourth-order valence-electron chi connectivity index (χ4n) is 8.99. The number of hydrogen-bond donors (Lipinski definition) is 3. The van der Waals surface area contributed by atoms with Gasteiger partial charge in [-0.15, -0.1) is 10.2 Å². The number of aromatic nitrogens is 3. The molecule has 61 heavy (non-hydrogen) atoms. The third kappa shape index (κ3) is 9.67. The Morgan fingerprint density at radius 2 is 1.84 bits per heavy atom. The molecule has 5 aliphatic rings. The number of carbonyl (C=O) groups is 4. The van der Waals surface area contributed by atoms with E-state index in [1.165, 1.54) is 34.4 Å². The molecule has 3 saturated carbocycles. The molecule has 8 atom stereocenters. The molecule has 8 rings (SSSR count). The minimum Gasteiger partial charge on any atom is -0.491 e. The minimum absolute atomic E-state index is 0.0259. The summed E-state index contributed by atoms with van der Waals surface area (Å²) in [5, 5.41) is 26.5. The van der Waals surface area contributed by atoms with Gasteiger partial charge in [-0.3, -0.25) is 14.5 Å². The van der Waals surface area contributed by atoms with Gasteiger partial charge in [-0.25, -0.2) is 14.6 Å². The highest BCUT2D eigenvalue weighted by atomic mass is 35.5. The van der Waals surface area contributed by atoms with Gasteiger partial charge >= 0.3 is 12.1 Å². The molecule has 5 fully saturated rings. The number of carboxylic acids is 1. The van der Waals surface area contributed by atoms with Crippen molar-refractivity contribution in [3.8, 4) is 11.5 Å². The first-order valence-electron chi connectivity index (χ1n) is 21.2. The van der Waals surface area contributed by atoms with Crippen LogP contribution in [-0.4, -0.2) is 130 Å². The summed E-state index contributed by atoms with van der Waals surface area (Å²) in [7, 11) is 0. The van der Waals surface area contributed by atoms with E-state index in [1.807, 2.05) is 40.7 Å². The van der Waals surface area contributed by atoms with Crippen LogP contribution in [0.1, 0.15) is 71.2 Å². The normalized spacial score (nSPS) is 27.6. The van der Waals surface area contributed by atoms with Crippen LogP contribution in [0.25, 0.3) is 10.9 Å². The van der Waals surface area contributed by atoms with Crippen LogP contribution < -0.4 is 20.1 Å². The van der Waals surface area contributed by atoms with E-state index in [2.05, 4.69) is 25.7 Å². The summed E-state index contributed by atoms with van der Waals surface area (Å²) < 4.78 is 24.9. The fraction of sp³-hybridized carbons (Fsp3) is 0.643. The number of benzene rings is 1. The molecule has 330 valence electrons. The van der Waals surface area contributed by atoms with Gasteiger partial charge < -0.3 is 39.6 Å². The molecule has 0 radical (unpaired) electrons. The van der Waals surface area contributed by atoms with Gasteiger partial charge in [0.05, 0.1) is 25.3 Å². The topological polar surface area (TPSA) is 195 Å². The number of nitrogens with one attached hydrogen (secondary N) is 2. The van der Waals surface area contributed by atoms with Gasteiger partial charge in [0.1, 0.15) is 63.0 Å². The molecular formula is C42H54ClN7O9S2. The Hall–Kier alpha value is -3.97. The Labute approximate surface area is 368 Å². The van der Waals surface area contributed by atoms with Crippen molar-refractivity contribution < 1.29 is 43.2 Å². The van der Waals surface area contributed by atoms with Crippen LogP contribution in [0, 0.1) is 30.1 Å². The Morgan fingerprint density at radius 1 is 1.08 bits per heavy atom. The molecule has 3 N–H and O–H groups in total. The molecule has 3 aromatic rings. The molecule has 4 heterocycles. The van der Waals surface area contributed by atoms with E-state index in [0.717, 1.165) is 30.9 Å². The van der Waals surface area contributed by atoms with Gasteiger partial charge in [0, 0.05) is 37.5 Å². The molecule has 16 nitrogen and oxygen atoms in total. The Bertz CT molecular complexity index is 2160. The predicted molar refractivity (Wildman–Crippen MR) is 227 cm³/mol. The molecular weight excluding hydrogens is 846 g/mol. The number of morpholine rings is 1. The van der Waals surface area contributed by atoms with Crippen LogP contribution in [0.15, 0.2) is 27.6 Å². The Morgan fingerprint density at radius 3 is 2.49 bits per heavy atom. The van der Waals surface area contributed by atoms with Crippen LogP contribution in [0.2, 0.25) is 5.02 Å². The summed E-state index contributed by atoms with van der Waals surface area (Å²) in [6, 6.07) is 3.21. The van der Waals surface area contributed by atoms with Gasteiger partial charge in [0.2, 0.25) is 11.8 Å². The van der Waals surface area contributed by atoms with Crippen LogP contribution in [0.5, 0.6) is 11.5 Å². The molecule has 3 aliphatic carbocycles. The smallest absolute Gasteiger partial charge is 0.408 e. The van der Waals surface area contributed by atoms with E-state index >= 15 is 0 Å². The predicted octanol–water partition coefficient (Wildman–Crippen LogP) is 5.57. The van der Waals surface area contributed by atoms with Gasteiger partial charge in [0.25, 0.3) is 0 Å². The highest BCUT2D eigenvalue weighted by Gasteiger charge is 2.61. The quantitative estimate of drug-likeness (QED) is 0.171. The number of aliphatic carboxylic acids is 1. The summed E-state index contributed by atoms with van der Waals surface area (Å²) in [4.78, 5) is 63.4. The van der Waals surface area contributed by atoms with Crippen LogP contribution in [0.3, 0.4) is 0 Å². The van der Waals surface area contributed by atoms with Gasteiger partial charge in [-0.05, 0) is 79.7 Å². The number of likely N-dealkylation sites (tertiary alicyclic amines) is 1. The van der Waals surface area contributed by atoms with Gasteiger partial charge in [0.15, 0.2) is 4.34 Å². The van der Waals surface area contributed by atoms with Crippen molar-refractivity contribution >= 4 is 69.5 Å². The van der Waals surface area contributed by atoms with Crippen molar-refractivity contribution in [2.75, 3.05) is 46.0 Å². The molecule has 0 unspecified atom stereocenters. The number of pyridine rings is 1. The van der Waals surface area contributed by atoms with E-state index < -0.39 is 53.0 Å². The molecule has 0 spiro atoms. The molecule has 1 aromatic carbocycles. The van der Waals surface area contributed by atoms with Crippen molar-refractivity contribution in [1.29, 1.82) is 0 Å². The van der Waals surface area contributed by atoms with E-state index in [1.54, 1.807) is 12.1 Å². The zero-order valence-electron chi connectivity index (χ0n) is 35.1. The van der Waals surface area contributed by atoms with Gasteiger partial charge in [-0.1, -0.05) is 57.1 Å². The molecule has 2 aromatic heterocycles. The maximum Gasteiger partial charge on any atom is 0.408 e. The van der Waals surface area contributed by atoms with Crippen LogP contribution in [-0.2, 0) is 23.9 Å². The third-order valence-corrected chi connectivity index (χ3v) is 14.8. The number of aryl methyl sites for hydroxylation is 1. The number of halogens is 1. The third-order valence-electron chi connectivity index (χ3n) is 12.6. The molecule has 2 aliphatic heterocycles.